The fourth-order valence-electron chi connectivity index (χ4n) is 2.85. The second-order valence-corrected chi connectivity index (χ2v) is 5.45. The third-order valence-corrected chi connectivity index (χ3v) is 3.98. The van der Waals surface area contributed by atoms with Gasteiger partial charge in [0.1, 0.15) is 0 Å². The maximum atomic E-state index is 3.69. The Labute approximate surface area is 121 Å². The van der Waals surface area contributed by atoms with Crippen LogP contribution in [0.5, 0.6) is 0 Å². The zero-order valence-electron chi connectivity index (χ0n) is 11.8. The van der Waals surface area contributed by atoms with Crippen LogP contribution in [0.25, 0.3) is 11.1 Å². The van der Waals surface area contributed by atoms with Crippen molar-refractivity contribution in [1.82, 2.24) is 10.6 Å². The lowest BCUT2D eigenvalue weighted by Crippen LogP contribution is -2.42. The van der Waals surface area contributed by atoms with Crippen molar-refractivity contribution in [1.29, 1.82) is 0 Å². The van der Waals surface area contributed by atoms with Gasteiger partial charge in [0.2, 0.25) is 0 Å². The van der Waals surface area contributed by atoms with Crippen molar-refractivity contribution >= 4 is 0 Å². The Hall–Kier alpha value is -1.64. The lowest BCUT2D eigenvalue weighted by Gasteiger charge is -2.24. The Bertz CT molecular complexity index is 530. The summed E-state index contributed by atoms with van der Waals surface area (Å²) >= 11 is 0. The molecule has 2 nitrogen and oxygen atoms in total. The fourth-order valence-corrected chi connectivity index (χ4v) is 2.85. The van der Waals surface area contributed by atoms with Crippen LogP contribution >= 0.6 is 0 Å². The van der Waals surface area contributed by atoms with E-state index in [-0.39, 0.29) is 0 Å². The molecule has 0 radical (unpaired) electrons. The van der Waals surface area contributed by atoms with Crippen molar-refractivity contribution in [2.45, 2.75) is 25.4 Å². The number of hydrogen-bond acceptors (Lipinski definition) is 2. The lowest BCUT2D eigenvalue weighted by molar-refractivity contribution is 0.389. The van der Waals surface area contributed by atoms with E-state index in [4.69, 9.17) is 0 Å². The van der Waals surface area contributed by atoms with Crippen molar-refractivity contribution in [2.75, 3.05) is 13.1 Å². The average Bonchev–Trinajstić information content (AvgIpc) is 2.55. The van der Waals surface area contributed by atoms with Crippen LogP contribution in [0, 0.1) is 0 Å². The van der Waals surface area contributed by atoms with E-state index >= 15 is 0 Å². The molecule has 3 rings (SSSR count). The summed E-state index contributed by atoms with van der Waals surface area (Å²) in [5, 5.41) is 7.14. The van der Waals surface area contributed by atoms with Gasteiger partial charge in [0.05, 0.1) is 0 Å². The van der Waals surface area contributed by atoms with Crippen LogP contribution in [0.1, 0.15) is 18.4 Å². The third kappa shape index (κ3) is 3.27. The Morgan fingerprint density at radius 3 is 2.60 bits per heavy atom. The number of piperidine rings is 1. The summed E-state index contributed by atoms with van der Waals surface area (Å²) in [5.74, 6) is 0. The summed E-state index contributed by atoms with van der Waals surface area (Å²) in [6.07, 6.45) is 2.55. The molecule has 1 aliphatic heterocycles. The molecule has 1 heterocycles. The van der Waals surface area contributed by atoms with E-state index in [0.29, 0.717) is 6.04 Å². The highest BCUT2D eigenvalue weighted by molar-refractivity contribution is 5.67. The first-order chi connectivity index (χ1) is 9.93. The predicted octanol–water partition coefficient (Wildman–Crippen LogP) is 3.20. The van der Waals surface area contributed by atoms with Crippen LogP contribution in [0.2, 0.25) is 0 Å². The topological polar surface area (TPSA) is 24.1 Å². The minimum absolute atomic E-state index is 0.604. The molecule has 0 aliphatic carbocycles. The highest BCUT2D eigenvalue weighted by Crippen LogP contribution is 2.23. The quantitative estimate of drug-likeness (QED) is 0.888. The first-order valence-electron chi connectivity index (χ1n) is 7.51. The molecule has 20 heavy (non-hydrogen) atoms. The van der Waals surface area contributed by atoms with Crippen LogP contribution in [0.3, 0.4) is 0 Å². The van der Waals surface area contributed by atoms with Crippen LogP contribution in [-0.2, 0) is 6.54 Å². The van der Waals surface area contributed by atoms with E-state index in [1.54, 1.807) is 0 Å². The van der Waals surface area contributed by atoms with E-state index in [1.807, 2.05) is 0 Å². The van der Waals surface area contributed by atoms with Gasteiger partial charge in [0.25, 0.3) is 0 Å². The molecule has 104 valence electrons. The SMILES string of the molecule is c1ccc(-c2ccccc2CNC2CCCNC2)cc1. The Kier molecular flexibility index (Phi) is 4.46. The second kappa shape index (κ2) is 6.69. The Balaban J connectivity index is 1.73. The minimum atomic E-state index is 0.604. The molecular weight excluding hydrogens is 244 g/mol. The maximum absolute atomic E-state index is 3.69. The van der Waals surface area contributed by atoms with Crippen LogP contribution in [0.15, 0.2) is 54.6 Å². The average molecular weight is 266 g/mol. The van der Waals surface area contributed by atoms with E-state index in [0.717, 1.165) is 13.1 Å². The third-order valence-electron chi connectivity index (χ3n) is 3.98. The molecule has 1 atom stereocenters. The summed E-state index contributed by atoms with van der Waals surface area (Å²) in [4.78, 5) is 0. The van der Waals surface area contributed by atoms with Crippen molar-refractivity contribution in [3.05, 3.63) is 60.2 Å². The van der Waals surface area contributed by atoms with Crippen molar-refractivity contribution in [3.8, 4) is 11.1 Å². The second-order valence-electron chi connectivity index (χ2n) is 5.45. The Morgan fingerprint density at radius 1 is 1.00 bits per heavy atom. The molecule has 1 unspecified atom stereocenters. The summed E-state index contributed by atoms with van der Waals surface area (Å²) in [7, 11) is 0. The lowest BCUT2D eigenvalue weighted by atomic mass is 9.99. The highest BCUT2D eigenvalue weighted by atomic mass is 15.0. The fraction of sp³-hybridized carbons (Fsp3) is 0.333. The smallest absolute Gasteiger partial charge is 0.0214 e. The largest absolute Gasteiger partial charge is 0.315 e. The number of nitrogens with one attached hydrogen (secondary N) is 2. The van der Waals surface area contributed by atoms with Gasteiger partial charge in [-0.3, -0.25) is 0 Å². The summed E-state index contributed by atoms with van der Waals surface area (Å²) < 4.78 is 0. The molecule has 1 saturated heterocycles. The summed E-state index contributed by atoms with van der Waals surface area (Å²) in [5.41, 5.74) is 4.01. The van der Waals surface area contributed by atoms with E-state index in [9.17, 15) is 0 Å². The van der Waals surface area contributed by atoms with Gasteiger partial charge in [-0.05, 0) is 36.1 Å². The highest BCUT2D eigenvalue weighted by Gasteiger charge is 2.12. The molecule has 0 bridgehead atoms. The summed E-state index contributed by atoms with van der Waals surface area (Å²) in [6, 6.07) is 19.9. The van der Waals surface area contributed by atoms with Crippen molar-refractivity contribution in [2.24, 2.45) is 0 Å². The van der Waals surface area contributed by atoms with Gasteiger partial charge in [-0.2, -0.15) is 0 Å². The van der Waals surface area contributed by atoms with Gasteiger partial charge in [-0.25, -0.2) is 0 Å². The molecule has 2 aromatic rings. The molecule has 0 spiro atoms. The van der Waals surface area contributed by atoms with E-state index < -0.39 is 0 Å². The van der Waals surface area contributed by atoms with Gasteiger partial charge in [-0.1, -0.05) is 54.6 Å². The molecule has 2 heteroatoms. The normalized spacial score (nSPS) is 18.9. The van der Waals surface area contributed by atoms with Crippen LogP contribution in [0.4, 0.5) is 0 Å². The number of hydrogen-bond donors (Lipinski definition) is 2. The molecule has 0 aromatic heterocycles. The molecule has 0 amide bonds. The van der Waals surface area contributed by atoms with E-state index in [2.05, 4.69) is 65.2 Å². The Morgan fingerprint density at radius 2 is 1.80 bits per heavy atom. The maximum Gasteiger partial charge on any atom is 0.0214 e. The predicted molar refractivity (Wildman–Crippen MR) is 84.6 cm³/mol. The first-order valence-corrected chi connectivity index (χ1v) is 7.51. The van der Waals surface area contributed by atoms with Crippen molar-refractivity contribution < 1.29 is 0 Å². The van der Waals surface area contributed by atoms with Crippen LogP contribution in [-0.4, -0.2) is 19.1 Å². The van der Waals surface area contributed by atoms with Gasteiger partial charge in [0, 0.05) is 19.1 Å². The summed E-state index contributed by atoms with van der Waals surface area (Å²) in [6.45, 7) is 3.20. The zero-order chi connectivity index (χ0) is 13.6. The molecule has 1 fully saturated rings. The van der Waals surface area contributed by atoms with Gasteiger partial charge < -0.3 is 10.6 Å². The van der Waals surface area contributed by atoms with Crippen LogP contribution < -0.4 is 10.6 Å². The molecule has 2 aromatic carbocycles. The minimum Gasteiger partial charge on any atom is -0.315 e. The zero-order valence-corrected chi connectivity index (χ0v) is 11.8. The molecule has 2 N–H and O–H groups in total. The first kappa shape index (κ1) is 13.3. The van der Waals surface area contributed by atoms with Crippen molar-refractivity contribution in [3.63, 3.8) is 0 Å². The standard InChI is InChI=1S/C18H22N2/c1-2-7-15(8-3-1)18-11-5-4-9-16(18)13-20-17-10-6-12-19-14-17/h1-5,7-9,11,17,19-20H,6,10,12-14H2. The monoisotopic (exact) mass is 266 g/mol. The van der Waals surface area contributed by atoms with Gasteiger partial charge >= 0.3 is 0 Å². The number of rotatable bonds is 4. The molecule has 0 saturated carbocycles. The van der Waals surface area contributed by atoms with Gasteiger partial charge in [0.15, 0.2) is 0 Å². The van der Waals surface area contributed by atoms with Gasteiger partial charge in [-0.15, -0.1) is 0 Å². The van der Waals surface area contributed by atoms with E-state index in [1.165, 1.54) is 36.1 Å². The molecular formula is C18H22N2. The number of benzene rings is 2. The molecule has 1 aliphatic rings.